The van der Waals surface area contributed by atoms with E-state index in [0.717, 1.165) is 17.1 Å². The Morgan fingerprint density at radius 1 is 0.213 bits per heavy atom. The number of anilines is 3. The Balaban J connectivity index is 1.09. The van der Waals surface area contributed by atoms with Gasteiger partial charge in [-0.2, -0.15) is 0 Å². The zero-order chi connectivity index (χ0) is 40.5. The minimum Gasteiger partial charge on any atom is -0.310 e. The van der Waals surface area contributed by atoms with Crippen LogP contribution in [0.2, 0.25) is 0 Å². The highest BCUT2D eigenvalue weighted by Gasteiger charge is 2.18. The Morgan fingerprint density at radius 2 is 0.574 bits per heavy atom. The van der Waals surface area contributed by atoms with Crippen molar-refractivity contribution in [3.8, 4) is 55.6 Å². The van der Waals surface area contributed by atoms with E-state index in [-0.39, 0.29) is 0 Å². The van der Waals surface area contributed by atoms with Gasteiger partial charge in [0.1, 0.15) is 0 Å². The first kappa shape index (κ1) is 36.1. The van der Waals surface area contributed by atoms with Crippen LogP contribution in [0.25, 0.3) is 88.0 Å². The van der Waals surface area contributed by atoms with Gasteiger partial charge in [-0.3, -0.25) is 0 Å². The van der Waals surface area contributed by atoms with E-state index in [1.165, 1.54) is 88.0 Å². The first-order valence-electron chi connectivity index (χ1n) is 21.0. The third kappa shape index (κ3) is 6.73. The fourth-order valence-corrected chi connectivity index (χ4v) is 9.22. The molecule has 1 heteroatoms. The Labute approximate surface area is 357 Å². The molecule has 0 aliphatic heterocycles. The zero-order valence-corrected chi connectivity index (χ0v) is 33.6. The molecule has 0 saturated heterocycles. The number of nitrogens with zero attached hydrogens (tertiary/aromatic N) is 1. The van der Waals surface area contributed by atoms with Gasteiger partial charge in [0.2, 0.25) is 0 Å². The lowest BCUT2D eigenvalue weighted by atomic mass is 9.91. The molecule has 11 rings (SSSR count). The molecule has 0 atom stereocenters. The maximum absolute atomic E-state index is 2.41. The minimum absolute atomic E-state index is 1.09. The van der Waals surface area contributed by atoms with E-state index in [4.69, 9.17) is 0 Å². The lowest BCUT2D eigenvalue weighted by Crippen LogP contribution is -2.10. The molecule has 11 aromatic rings. The van der Waals surface area contributed by atoms with Crippen LogP contribution in [0.4, 0.5) is 17.1 Å². The molecule has 286 valence electrons. The summed E-state index contributed by atoms with van der Waals surface area (Å²) in [6.07, 6.45) is 0. The molecular weight excluding hydrogens is 735 g/mol. The molecule has 0 bridgehead atoms. The number of fused-ring (bicyclic) bond motifs is 3. The summed E-state index contributed by atoms with van der Waals surface area (Å²) in [5, 5.41) is 7.46. The molecule has 0 heterocycles. The lowest BCUT2D eigenvalue weighted by Gasteiger charge is -2.27. The highest BCUT2D eigenvalue weighted by molar-refractivity contribution is 6.08. The van der Waals surface area contributed by atoms with Crippen LogP contribution < -0.4 is 4.90 Å². The summed E-state index contributed by atoms with van der Waals surface area (Å²) in [5.74, 6) is 0. The van der Waals surface area contributed by atoms with Crippen LogP contribution in [0, 0.1) is 0 Å². The predicted molar refractivity (Wildman–Crippen MR) is 261 cm³/mol. The molecule has 1 nitrogen and oxygen atoms in total. The molecule has 0 aromatic heterocycles. The van der Waals surface area contributed by atoms with Gasteiger partial charge in [-0.25, -0.2) is 0 Å². The van der Waals surface area contributed by atoms with Crippen LogP contribution >= 0.6 is 0 Å². The number of hydrogen-bond donors (Lipinski definition) is 0. The van der Waals surface area contributed by atoms with Crippen molar-refractivity contribution in [2.75, 3.05) is 4.90 Å². The Hall–Kier alpha value is -8.00. The van der Waals surface area contributed by atoms with E-state index in [2.05, 4.69) is 254 Å². The first-order chi connectivity index (χ1) is 30.3. The third-order valence-electron chi connectivity index (χ3n) is 12.0. The highest BCUT2D eigenvalue weighted by atomic mass is 15.1. The molecular formula is C60H41N. The van der Waals surface area contributed by atoms with E-state index < -0.39 is 0 Å². The van der Waals surface area contributed by atoms with Gasteiger partial charge in [0.05, 0.1) is 0 Å². The summed E-state index contributed by atoms with van der Waals surface area (Å²) in [4.78, 5) is 2.41. The van der Waals surface area contributed by atoms with Crippen LogP contribution in [0.3, 0.4) is 0 Å². The Bertz CT molecular complexity index is 3170. The van der Waals surface area contributed by atoms with Crippen molar-refractivity contribution in [3.05, 3.63) is 249 Å². The average Bonchev–Trinajstić information content (AvgIpc) is 3.34. The molecule has 61 heavy (non-hydrogen) atoms. The fraction of sp³-hybridized carbons (Fsp3) is 0. The van der Waals surface area contributed by atoms with Gasteiger partial charge in [0.15, 0.2) is 0 Å². The van der Waals surface area contributed by atoms with Gasteiger partial charge in [-0.15, -0.1) is 0 Å². The number of rotatable bonds is 8. The van der Waals surface area contributed by atoms with Gasteiger partial charge < -0.3 is 4.90 Å². The van der Waals surface area contributed by atoms with Gasteiger partial charge in [-0.05, 0) is 124 Å². The molecule has 0 unspecified atom stereocenters. The minimum atomic E-state index is 1.09. The second-order valence-electron chi connectivity index (χ2n) is 15.7. The average molecular weight is 776 g/mol. The smallest absolute Gasteiger partial charge is 0.0467 e. The maximum atomic E-state index is 2.41. The molecule has 0 amide bonds. The normalized spacial score (nSPS) is 11.3. The van der Waals surface area contributed by atoms with Crippen LogP contribution in [-0.4, -0.2) is 0 Å². The Kier molecular flexibility index (Phi) is 9.26. The standard InChI is InChI=1S/C60H41N/c1-3-16-43(17-4-1)55-32-12-22-46-24-14-34-57(59(46)55)48-26-9-28-51(40-48)61(50-38-36-45(37-39-50)54-31-11-21-42-20-7-8-30-53(42)54)52-29-10-27-49(41-52)58-35-15-25-47-23-13-33-56(60(47)58)44-18-5-2-6-19-44/h1-41H. The molecule has 0 spiro atoms. The van der Waals surface area contributed by atoms with Gasteiger partial charge in [-0.1, -0.05) is 212 Å². The van der Waals surface area contributed by atoms with Crippen molar-refractivity contribution in [2.45, 2.75) is 0 Å². The van der Waals surface area contributed by atoms with Crippen molar-refractivity contribution in [3.63, 3.8) is 0 Å². The quantitative estimate of drug-likeness (QED) is 0.149. The first-order valence-corrected chi connectivity index (χ1v) is 21.0. The van der Waals surface area contributed by atoms with Crippen LogP contribution in [-0.2, 0) is 0 Å². The van der Waals surface area contributed by atoms with Crippen LogP contribution in [0.5, 0.6) is 0 Å². The van der Waals surface area contributed by atoms with E-state index in [9.17, 15) is 0 Å². The molecule has 0 radical (unpaired) electrons. The summed E-state index contributed by atoms with van der Waals surface area (Å²) < 4.78 is 0. The van der Waals surface area contributed by atoms with Gasteiger partial charge in [0.25, 0.3) is 0 Å². The summed E-state index contributed by atoms with van der Waals surface area (Å²) >= 11 is 0. The number of benzene rings is 11. The Morgan fingerprint density at radius 3 is 1.08 bits per heavy atom. The number of hydrogen-bond acceptors (Lipinski definition) is 1. The van der Waals surface area contributed by atoms with Crippen molar-refractivity contribution in [1.29, 1.82) is 0 Å². The van der Waals surface area contributed by atoms with Crippen molar-refractivity contribution >= 4 is 49.4 Å². The fourth-order valence-electron chi connectivity index (χ4n) is 9.22. The summed E-state index contributed by atoms with van der Waals surface area (Å²) in [6.45, 7) is 0. The maximum Gasteiger partial charge on any atom is 0.0467 e. The van der Waals surface area contributed by atoms with E-state index >= 15 is 0 Å². The van der Waals surface area contributed by atoms with E-state index in [1.54, 1.807) is 0 Å². The molecule has 0 aliphatic carbocycles. The van der Waals surface area contributed by atoms with Gasteiger partial charge >= 0.3 is 0 Å². The van der Waals surface area contributed by atoms with Gasteiger partial charge in [0, 0.05) is 17.1 Å². The van der Waals surface area contributed by atoms with Crippen molar-refractivity contribution in [1.82, 2.24) is 0 Å². The predicted octanol–water partition coefficient (Wildman–Crippen LogP) is 17.0. The molecule has 0 fully saturated rings. The molecule has 0 aliphatic rings. The summed E-state index contributed by atoms with van der Waals surface area (Å²) in [6, 6.07) is 90.5. The second kappa shape index (κ2) is 15.6. The monoisotopic (exact) mass is 775 g/mol. The van der Waals surface area contributed by atoms with E-state index in [0.29, 0.717) is 0 Å². The summed E-state index contributed by atoms with van der Waals surface area (Å²) in [5.41, 5.74) is 15.3. The van der Waals surface area contributed by atoms with E-state index in [1.807, 2.05) is 0 Å². The van der Waals surface area contributed by atoms with Crippen molar-refractivity contribution in [2.24, 2.45) is 0 Å². The molecule has 0 saturated carbocycles. The topological polar surface area (TPSA) is 3.24 Å². The summed E-state index contributed by atoms with van der Waals surface area (Å²) in [7, 11) is 0. The second-order valence-corrected chi connectivity index (χ2v) is 15.7. The van der Waals surface area contributed by atoms with Crippen LogP contribution in [0.1, 0.15) is 0 Å². The SMILES string of the molecule is c1ccc(-c2cccc3cccc(-c4cccc(N(c5ccc(-c6cccc7ccccc67)cc5)c5cccc(-c6cccc7cccc(-c8ccccc8)c67)c5)c4)c23)cc1. The zero-order valence-electron chi connectivity index (χ0n) is 33.6. The third-order valence-corrected chi connectivity index (χ3v) is 12.0. The highest BCUT2D eigenvalue weighted by Crippen LogP contribution is 2.43. The molecule has 0 N–H and O–H groups in total. The van der Waals surface area contributed by atoms with Crippen LogP contribution in [0.15, 0.2) is 249 Å². The van der Waals surface area contributed by atoms with Crippen molar-refractivity contribution < 1.29 is 0 Å². The molecule has 11 aromatic carbocycles. The lowest BCUT2D eigenvalue weighted by molar-refractivity contribution is 1.28. The largest absolute Gasteiger partial charge is 0.310 e.